The van der Waals surface area contributed by atoms with Gasteiger partial charge < -0.3 is 10.2 Å². The Kier molecular flexibility index (Phi) is 8.12. The van der Waals surface area contributed by atoms with Crippen LogP contribution >= 0.6 is 23.1 Å². The molecule has 8 nitrogen and oxygen atoms in total. The van der Waals surface area contributed by atoms with Crippen LogP contribution in [0.2, 0.25) is 0 Å². The van der Waals surface area contributed by atoms with Gasteiger partial charge in [0.1, 0.15) is 5.78 Å². The number of likely N-dealkylation sites (N-methyl/N-ethyl adjacent to an activating group) is 1. The van der Waals surface area contributed by atoms with Crippen molar-refractivity contribution in [2.45, 2.75) is 29.8 Å². The maximum absolute atomic E-state index is 11.6. The first-order valence-electron chi connectivity index (χ1n) is 9.61. The van der Waals surface area contributed by atoms with E-state index in [0.29, 0.717) is 29.9 Å². The standard InChI is InChI=1S/C20H25N7OS2/c1-4-15(28)13-14-5-7-16(8-6-14)30-20-24-17(21-9-11-27(2)3)23-18(26-20)25-19-22-10-12-29-19/h5-8,10,12H,4,9,11,13H2,1-3H3,(H2,21,22,23,24,25,26). The van der Waals surface area contributed by atoms with Crippen molar-refractivity contribution in [2.75, 3.05) is 37.8 Å². The topological polar surface area (TPSA) is 95.9 Å². The molecule has 0 unspecified atom stereocenters. The third kappa shape index (κ3) is 7.05. The van der Waals surface area contributed by atoms with Crippen molar-refractivity contribution in [1.29, 1.82) is 0 Å². The number of anilines is 3. The van der Waals surface area contributed by atoms with E-state index in [1.165, 1.54) is 23.1 Å². The van der Waals surface area contributed by atoms with Gasteiger partial charge in [0, 0.05) is 42.4 Å². The van der Waals surface area contributed by atoms with Gasteiger partial charge in [0.2, 0.25) is 11.9 Å². The first-order chi connectivity index (χ1) is 14.5. The predicted molar refractivity (Wildman–Crippen MR) is 122 cm³/mol. The molecule has 0 bridgehead atoms. The molecule has 0 atom stereocenters. The lowest BCUT2D eigenvalue weighted by molar-refractivity contribution is -0.118. The van der Waals surface area contributed by atoms with E-state index in [1.807, 2.05) is 50.7 Å². The summed E-state index contributed by atoms with van der Waals surface area (Å²) < 4.78 is 0. The van der Waals surface area contributed by atoms with Crippen LogP contribution in [0.3, 0.4) is 0 Å². The number of ketones is 1. The minimum atomic E-state index is 0.235. The van der Waals surface area contributed by atoms with Crippen molar-refractivity contribution in [3.05, 3.63) is 41.4 Å². The van der Waals surface area contributed by atoms with Crippen LogP contribution in [0, 0.1) is 0 Å². The van der Waals surface area contributed by atoms with Gasteiger partial charge in [0.25, 0.3) is 0 Å². The summed E-state index contributed by atoms with van der Waals surface area (Å²) in [6.45, 7) is 3.47. The molecule has 0 aliphatic rings. The van der Waals surface area contributed by atoms with Crippen LogP contribution in [-0.4, -0.2) is 57.8 Å². The summed E-state index contributed by atoms with van der Waals surface area (Å²) in [6, 6.07) is 7.92. The zero-order valence-electron chi connectivity index (χ0n) is 17.3. The number of aromatic nitrogens is 4. The fraction of sp³-hybridized carbons (Fsp3) is 0.350. The summed E-state index contributed by atoms with van der Waals surface area (Å²) in [6.07, 6.45) is 2.75. The average Bonchev–Trinajstić information content (AvgIpc) is 3.22. The zero-order chi connectivity index (χ0) is 21.3. The molecular weight excluding hydrogens is 418 g/mol. The number of nitrogens with zero attached hydrogens (tertiary/aromatic N) is 5. The van der Waals surface area contributed by atoms with Crippen LogP contribution in [0.5, 0.6) is 0 Å². The molecule has 3 aromatic rings. The number of nitrogens with one attached hydrogen (secondary N) is 2. The third-order valence-corrected chi connectivity index (χ3v) is 5.60. The number of benzene rings is 1. The number of hydrogen-bond acceptors (Lipinski definition) is 10. The van der Waals surface area contributed by atoms with Crippen LogP contribution in [0.4, 0.5) is 17.0 Å². The molecule has 2 aromatic heterocycles. The first kappa shape index (κ1) is 22.1. The highest BCUT2D eigenvalue weighted by Crippen LogP contribution is 2.27. The van der Waals surface area contributed by atoms with Crippen molar-refractivity contribution in [3.63, 3.8) is 0 Å². The van der Waals surface area contributed by atoms with Crippen molar-refractivity contribution in [2.24, 2.45) is 0 Å². The third-order valence-electron chi connectivity index (χ3n) is 4.04. The van der Waals surface area contributed by atoms with Gasteiger partial charge >= 0.3 is 0 Å². The normalized spacial score (nSPS) is 10.9. The molecular formula is C20H25N7OS2. The second kappa shape index (κ2) is 11.0. The largest absolute Gasteiger partial charge is 0.353 e. The maximum atomic E-state index is 11.6. The quantitative estimate of drug-likeness (QED) is 0.459. The summed E-state index contributed by atoms with van der Waals surface area (Å²) in [5.41, 5.74) is 1.01. The Labute approximate surface area is 184 Å². The molecule has 2 N–H and O–H groups in total. The maximum Gasteiger partial charge on any atom is 0.234 e. The molecule has 0 radical (unpaired) electrons. The molecule has 10 heteroatoms. The van der Waals surface area contributed by atoms with Crippen molar-refractivity contribution >= 4 is 45.9 Å². The molecule has 0 spiro atoms. The molecule has 0 aliphatic heterocycles. The van der Waals surface area contributed by atoms with E-state index in [9.17, 15) is 4.79 Å². The summed E-state index contributed by atoms with van der Waals surface area (Å²) in [4.78, 5) is 32.5. The van der Waals surface area contributed by atoms with E-state index in [1.54, 1.807) is 6.20 Å². The highest BCUT2D eigenvalue weighted by Gasteiger charge is 2.10. The Morgan fingerprint density at radius 2 is 1.90 bits per heavy atom. The minimum absolute atomic E-state index is 0.235. The monoisotopic (exact) mass is 443 g/mol. The summed E-state index contributed by atoms with van der Waals surface area (Å²) >= 11 is 2.93. The molecule has 0 amide bonds. The predicted octanol–water partition coefficient (Wildman–Crippen LogP) is 3.72. The van der Waals surface area contributed by atoms with Gasteiger partial charge in [-0.1, -0.05) is 19.1 Å². The number of Topliss-reactive ketones (excluding diaryl/α,β-unsaturated/α-hetero) is 1. The number of rotatable bonds is 11. The second-order valence-electron chi connectivity index (χ2n) is 6.77. The zero-order valence-corrected chi connectivity index (χ0v) is 18.9. The Morgan fingerprint density at radius 1 is 1.13 bits per heavy atom. The van der Waals surface area contributed by atoms with Crippen molar-refractivity contribution in [1.82, 2.24) is 24.8 Å². The van der Waals surface area contributed by atoms with Gasteiger partial charge in [-0.05, 0) is 43.6 Å². The van der Waals surface area contributed by atoms with Crippen molar-refractivity contribution in [3.8, 4) is 0 Å². The van der Waals surface area contributed by atoms with Gasteiger partial charge in [-0.3, -0.25) is 10.1 Å². The lowest BCUT2D eigenvalue weighted by atomic mass is 10.1. The van der Waals surface area contributed by atoms with Crippen LogP contribution in [0.25, 0.3) is 0 Å². The molecule has 2 heterocycles. The number of carbonyl (C=O) groups is 1. The molecule has 0 fully saturated rings. The van der Waals surface area contributed by atoms with Gasteiger partial charge in [0.15, 0.2) is 10.3 Å². The fourth-order valence-electron chi connectivity index (χ4n) is 2.44. The molecule has 1 aromatic carbocycles. The number of thiazole rings is 1. The molecule has 158 valence electrons. The highest BCUT2D eigenvalue weighted by atomic mass is 32.2. The number of carbonyl (C=O) groups excluding carboxylic acids is 1. The van der Waals surface area contributed by atoms with Gasteiger partial charge in [0.05, 0.1) is 0 Å². The van der Waals surface area contributed by atoms with Crippen LogP contribution in [-0.2, 0) is 11.2 Å². The van der Waals surface area contributed by atoms with E-state index < -0.39 is 0 Å². The molecule has 30 heavy (non-hydrogen) atoms. The molecule has 0 aliphatic carbocycles. The Morgan fingerprint density at radius 3 is 2.57 bits per heavy atom. The van der Waals surface area contributed by atoms with Gasteiger partial charge in [-0.2, -0.15) is 15.0 Å². The minimum Gasteiger partial charge on any atom is -0.353 e. The summed E-state index contributed by atoms with van der Waals surface area (Å²) in [5.74, 6) is 1.19. The van der Waals surface area contributed by atoms with E-state index in [2.05, 4.69) is 35.5 Å². The highest BCUT2D eigenvalue weighted by molar-refractivity contribution is 7.99. The second-order valence-corrected chi connectivity index (χ2v) is 8.71. The molecule has 0 saturated carbocycles. The summed E-state index contributed by atoms with van der Waals surface area (Å²) in [5, 5.41) is 9.57. The van der Waals surface area contributed by atoms with Crippen LogP contribution in [0.15, 0.2) is 45.9 Å². The van der Waals surface area contributed by atoms with Crippen LogP contribution in [0.1, 0.15) is 18.9 Å². The Balaban J connectivity index is 1.75. The van der Waals surface area contributed by atoms with Crippen molar-refractivity contribution < 1.29 is 4.79 Å². The van der Waals surface area contributed by atoms with E-state index in [4.69, 9.17) is 0 Å². The van der Waals surface area contributed by atoms with E-state index in [-0.39, 0.29) is 5.78 Å². The lowest BCUT2D eigenvalue weighted by Gasteiger charge is -2.12. The average molecular weight is 444 g/mol. The lowest BCUT2D eigenvalue weighted by Crippen LogP contribution is -2.21. The van der Waals surface area contributed by atoms with Gasteiger partial charge in [-0.15, -0.1) is 11.3 Å². The van der Waals surface area contributed by atoms with Gasteiger partial charge in [-0.25, -0.2) is 4.98 Å². The van der Waals surface area contributed by atoms with Crippen LogP contribution < -0.4 is 10.6 Å². The first-order valence-corrected chi connectivity index (χ1v) is 11.3. The Bertz CT molecular complexity index is 946. The smallest absolute Gasteiger partial charge is 0.234 e. The summed E-state index contributed by atoms with van der Waals surface area (Å²) in [7, 11) is 4.03. The molecule has 3 rings (SSSR count). The molecule has 0 saturated heterocycles. The number of hydrogen-bond donors (Lipinski definition) is 2. The fourth-order valence-corrected chi connectivity index (χ4v) is 3.71. The SMILES string of the molecule is CCC(=O)Cc1ccc(Sc2nc(NCCN(C)C)nc(Nc3nccs3)n2)cc1. The Hall–Kier alpha value is -2.56. The van der Waals surface area contributed by atoms with E-state index >= 15 is 0 Å². The van der Waals surface area contributed by atoms with E-state index in [0.717, 1.165) is 28.7 Å².